The van der Waals surface area contributed by atoms with Gasteiger partial charge in [-0.3, -0.25) is 0 Å². The van der Waals surface area contributed by atoms with Crippen molar-refractivity contribution in [1.29, 1.82) is 0 Å². The van der Waals surface area contributed by atoms with E-state index in [9.17, 15) is 17.6 Å². The Morgan fingerprint density at radius 3 is 1.79 bits per heavy atom. The molecule has 0 bridgehead atoms. The monoisotopic (exact) mass is 430 g/mol. The third-order valence-electron chi connectivity index (χ3n) is 0.889. The first-order valence-corrected chi connectivity index (χ1v) is 3.28. The van der Waals surface area contributed by atoms with E-state index in [1.54, 1.807) is 19.1 Å². The first-order chi connectivity index (χ1) is 5.79. The van der Waals surface area contributed by atoms with Crippen LogP contribution in [0.25, 0.3) is 0 Å². The molecule has 0 nitrogen and oxygen atoms in total. The molecule has 0 saturated heterocycles. The molecule has 0 N–H and O–H groups in total. The Bertz CT molecular complexity index is 234. The number of hydrogen-bond donors (Lipinski definition) is 0. The summed E-state index contributed by atoms with van der Waals surface area (Å²) in [5, 5.41) is 0. The molecule has 0 aromatic heterocycles. The van der Waals surface area contributed by atoms with Crippen molar-refractivity contribution in [3.63, 3.8) is 0 Å². The van der Waals surface area contributed by atoms with Crippen LogP contribution in [0, 0.1) is 50.8 Å². The molecule has 0 unspecified atom stereocenters. The molecule has 0 fully saturated rings. The maximum absolute atomic E-state index is 12.1. The molecule has 0 aliphatic heterocycles. The van der Waals surface area contributed by atoms with Gasteiger partial charge < -0.3 is 0 Å². The van der Waals surface area contributed by atoms with Gasteiger partial charge in [-0.25, -0.2) is 24.5 Å². The van der Waals surface area contributed by atoms with Gasteiger partial charge in [-0.15, -0.1) is 12.1 Å². The predicted octanol–water partition coefficient (Wildman–Crippen LogP) is 3.39. The minimum absolute atomic E-state index is 0. The Labute approximate surface area is 104 Å². The van der Waals surface area contributed by atoms with Gasteiger partial charge in [0.15, 0.2) is 0 Å². The average molecular weight is 430 g/mol. The van der Waals surface area contributed by atoms with Crippen LogP contribution in [-0.4, -0.2) is 6.18 Å². The van der Waals surface area contributed by atoms with E-state index in [1.165, 1.54) is 12.1 Å². The van der Waals surface area contributed by atoms with Crippen LogP contribution < -0.4 is 0 Å². The Morgan fingerprint density at radius 2 is 1.57 bits per heavy atom. The number of rotatable bonds is 0. The Balaban J connectivity index is 0. The number of benzene rings is 1. The van der Waals surface area contributed by atoms with Crippen molar-refractivity contribution in [2.75, 3.05) is 0 Å². The van der Waals surface area contributed by atoms with Crippen molar-refractivity contribution in [2.24, 2.45) is 0 Å². The van der Waals surface area contributed by atoms with Crippen molar-refractivity contribution in [3.05, 3.63) is 49.5 Å². The fourth-order valence-corrected chi connectivity index (χ4v) is 0.537. The molecular weight excluding hydrogens is 422 g/mol. The topological polar surface area (TPSA) is 0 Å². The summed E-state index contributed by atoms with van der Waals surface area (Å²) in [6.07, 6.45) is -4.25. The maximum Gasteiger partial charge on any atom is 2.00 e. The molecule has 0 aliphatic rings. The first kappa shape index (κ1) is 16.3. The van der Waals surface area contributed by atoms with Gasteiger partial charge in [-0.05, 0) is 0 Å². The Hall–Kier alpha value is -0.138. The molecule has 0 atom stereocenters. The quantitative estimate of drug-likeness (QED) is 0.438. The maximum atomic E-state index is 12.1. The van der Waals surface area contributed by atoms with Gasteiger partial charge in [0.2, 0.25) is 0 Å². The number of hydrogen-bond acceptors (Lipinski definition) is 0. The summed E-state index contributed by atoms with van der Waals surface area (Å²) in [4.78, 5) is 0. The zero-order valence-corrected chi connectivity index (χ0v) is 11.4. The molecule has 14 heavy (non-hydrogen) atoms. The molecule has 0 saturated carbocycles. The van der Waals surface area contributed by atoms with E-state index in [0.29, 0.717) is 5.56 Å². The van der Waals surface area contributed by atoms with Gasteiger partial charge >= 0.3 is 31.1 Å². The predicted molar refractivity (Wildman–Crippen MR) is 42.3 cm³/mol. The molecule has 0 aliphatic carbocycles. The minimum atomic E-state index is -4.25. The molecule has 5 heteroatoms. The summed E-state index contributed by atoms with van der Waals surface area (Å²) >= 11 is 0. The van der Waals surface area contributed by atoms with Crippen LogP contribution in [0.3, 0.4) is 0 Å². The SMILES string of the molecule is [CH2-]C(F)(F)F.[CH2-]c1cccc(F)c1.[U+2]. The number of halogens is 4. The van der Waals surface area contributed by atoms with Crippen LogP contribution in [0.1, 0.15) is 5.56 Å². The van der Waals surface area contributed by atoms with Crippen molar-refractivity contribution in [2.45, 2.75) is 6.18 Å². The van der Waals surface area contributed by atoms with Gasteiger partial charge in [0.1, 0.15) is 0 Å². The van der Waals surface area contributed by atoms with Crippen molar-refractivity contribution < 1.29 is 48.7 Å². The van der Waals surface area contributed by atoms with E-state index in [-0.39, 0.29) is 36.9 Å². The van der Waals surface area contributed by atoms with Crippen molar-refractivity contribution >= 4 is 0 Å². The molecule has 1 aromatic carbocycles. The van der Waals surface area contributed by atoms with E-state index in [1.807, 2.05) is 0 Å². The van der Waals surface area contributed by atoms with Gasteiger partial charge in [0.05, 0.1) is 5.82 Å². The van der Waals surface area contributed by atoms with Gasteiger partial charge in [0, 0.05) is 0 Å². The standard InChI is InChI=1S/C7H6F.C2H2F3.U/c1-6-3-2-4-7(8)5-6;1-2(3,4)5;/h2-5H,1H2;1H2;/q2*-1;+2. The Kier molecular flexibility index (Phi) is 8.37. The van der Waals surface area contributed by atoms with Crippen LogP contribution in [-0.2, 0) is 0 Å². The molecule has 1 aromatic rings. The summed E-state index contributed by atoms with van der Waals surface area (Å²) < 4.78 is 42.9. The second-order valence-electron chi connectivity index (χ2n) is 2.25. The largest absolute Gasteiger partial charge is 2.00 e. The Morgan fingerprint density at radius 1 is 1.14 bits per heavy atom. The summed E-state index contributed by atoms with van der Waals surface area (Å²) in [6.45, 7) is 5.31. The summed E-state index contributed by atoms with van der Waals surface area (Å²) in [5.74, 6) is -0.225. The normalized spacial score (nSPS) is 9.50. The average Bonchev–Trinajstić information content (AvgIpc) is 1.81. The van der Waals surface area contributed by atoms with Crippen molar-refractivity contribution in [1.82, 2.24) is 0 Å². The van der Waals surface area contributed by atoms with Crippen LogP contribution >= 0.6 is 0 Å². The van der Waals surface area contributed by atoms with E-state index >= 15 is 0 Å². The molecule has 0 spiro atoms. The molecular formula is C9H8F4U. The second-order valence-corrected chi connectivity index (χ2v) is 2.25. The van der Waals surface area contributed by atoms with Gasteiger partial charge in [-0.2, -0.15) is 18.6 Å². The molecule has 0 radical (unpaired) electrons. The van der Waals surface area contributed by atoms with Crippen LogP contribution in [0.5, 0.6) is 0 Å². The fraction of sp³-hybridized carbons (Fsp3) is 0.111. The summed E-state index contributed by atoms with van der Waals surface area (Å²) in [7, 11) is 0. The summed E-state index contributed by atoms with van der Waals surface area (Å²) in [5.41, 5.74) is 0.713. The van der Waals surface area contributed by atoms with E-state index in [2.05, 4.69) is 6.92 Å². The molecule has 1 rings (SSSR count). The van der Waals surface area contributed by atoms with Gasteiger partial charge in [0.25, 0.3) is 6.18 Å². The molecule has 0 heterocycles. The third kappa shape index (κ3) is 14.4. The molecule has 0 amide bonds. The van der Waals surface area contributed by atoms with Crippen LogP contribution in [0.2, 0.25) is 0 Å². The second kappa shape index (κ2) is 7.19. The van der Waals surface area contributed by atoms with Crippen LogP contribution in [0.15, 0.2) is 24.3 Å². The third-order valence-corrected chi connectivity index (χ3v) is 0.889. The van der Waals surface area contributed by atoms with E-state index < -0.39 is 6.18 Å². The fourth-order valence-electron chi connectivity index (χ4n) is 0.537. The first-order valence-electron chi connectivity index (χ1n) is 3.28. The smallest absolute Gasteiger partial charge is 0.241 e. The van der Waals surface area contributed by atoms with Crippen molar-refractivity contribution in [3.8, 4) is 0 Å². The molecule has 76 valence electrons. The summed E-state index contributed by atoms with van der Waals surface area (Å²) in [6, 6.07) is 6.18. The van der Waals surface area contributed by atoms with Gasteiger partial charge in [-0.1, -0.05) is 6.07 Å². The zero-order chi connectivity index (χ0) is 10.5. The van der Waals surface area contributed by atoms with E-state index in [0.717, 1.165) is 0 Å². The van der Waals surface area contributed by atoms with Crippen LogP contribution in [0.4, 0.5) is 17.6 Å². The van der Waals surface area contributed by atoms with E-state index in [4.69, 9.17) is 0 Å². The minimum Gasteiger partial charge on any atom is -0.241 e. The number of alkyl halides is 3. The zero-order valence-electron chi connectivity index (χ0n) is 7.24.